The van der Waals surface area contributed by atoms with E-state index in [9.17, 15) is 9.59 Å². The van der Waals surface area contributed by atoms with Crippen molar-refractivity contribution in [3.05, 3.63) is 29.3 Å². The van der Waals surface area contributed by atoms with Gasteiger partial charge in [0.2, 0.25) is 11.8 Å². The number of carbonyl (C=O) groups is 2. The third-order valence-corrected chi connectivity index (χ3v) is 5.44. The van der Waals surface area contributed by atoms with E-state index in [0.717, 1.165) is 12.1 Å². The molecule has 3 atom stereocenters. The molecule has 0 spiro atoms. The summed E-state index contributed by atoms with van der Waals surface area (Å²) in [6.45, 7) is 0.528. The molecule has 3 unspecified atom stereocenters. The third kappa shape index (κ3) is 5.86. The second-order valence-corrected chi connectivity index (χ2v) is 7.49. The average Bonchev–Trinajstić information content (AvgIpc) is 3.05. The van der Waals surface area contributed by atoms with Crippen LogP contribution in [0.4, 0.5) is 5.69 Å². The summed E-state index contributed by atoms with van der Waals surface area (Å²) in [5.74, 6) is 0.684. The monoisotopic (exact) mass is 399 g/mol. The van der Waals surface area contributed by atoms with Gasteiger partial charge in [0.1, 0.15) is 0 Å². The Labute approximate surface area is 166 Å². The maximum Gasteiger partial charge on any atom is 0.237 e. The van der Waals surface area contributed by atoms with Crippen LogP contribution >= 0.6 is 24.0 Å². The molecule has 1 aliphatic carbocycles. The highest BCUT2D eigenvalue weighted by molar-refractivity contribution is 6.30. The standard InChI is InChI=1S/C19H26ClN3O2.ClH/c20-14-7-9-15(10-8-14)22-18(24)6-3-11-21-19(25)17-12-13-4-1-2-5-16(13)23-17;/h7-10,13,16-17,23H,1-6,11-12H2,(H,21,25)(H,22,24);1H. The number of benzene rings is 1. The smallest absolute Gasteiger partial charge is 0.237 e. The molecule has 1 aromatic rings. The summed E-state index contributed by atoms with van der Waals surface area (Å²) in [5, 5.41) is 9.90. The van der Waals surface area contributed by atoms with Gasteiger partial charge in [-0.2, -0.15) is 0 Å². The average molecular weight is 400 g/mol. The van der Waals surface area contributed by atoms with Crippen LogP contribution in [-0.4, -0.2) is 30.4 Å². The number of hydrogen-bond acceptors (Lipinski definition) is 3. The van der Waals surface area contributed by atoms with Crippen LogP contribution in [0, 0.1) is 5.92 Å². The van der Waals surface area contributed by atoms with Gasteiger partial charge in [0, 0.05) is 29.7 Å². The van der Waals surface area contributed by atoms with E-state index in [-0.39, 0.29) is 30.3 Å². The van der Waals surface area contributed by atoms with Gasteiger partial charge in [-0.15, -0.1) is 12.4 Å². The lowest BCUT2D eigenvalue weighted by Crippen LogP contribution is -2.43. The predicted octanol–water partition coefficient (Wildman–Crippen LogP) is 3.52. The van der Waals surface area contributed by atoms with E-state index in [1.54, 1.807) is 24.3 Å². The normalized spacial score (nSPS) is 24.3. The van der Waals surface area contributed by atoms with E-state index in [2.05, 4.69) is 16.0 Å². The van der Waals surface area contributed by atoms with Gasteiger partial charge in [0.15, 0.2) is 0 Å². The van der Waals surface area contributed by atoms with Gasteiger partial charge in [-0.05, 0) is 55.9 Å². The van der Waals surface area contributed by atoms with Crippen LogP contribution in [0.5, 0.6) is 0 Å². The molecule has 1 heterocycles. The summed E-state index contributed by atoms with van der Waals surface area (Å²) < 4.78 is 0. The number of fused-ring (bicyclic) bond motifs is 1. The number of anilines is 1. The highest BCUT2D eigenvalue weighted by atomic mass is 35.5. The van der Waals surface area contributed by atoms with E-state index in [1.807, 2.05) is 0 Å². The van der Waals surface area contributed by atoms with Gasteiger partial charge >= 0.3 is 0 Å². The van der Waals surface area contributed by atoms with Crippen molar-refractivity contribution in [3.63, 3.8) is 0 Å². The van der Waals surface area contributed by atoms with Gasteiger partial charge in [-0.25, -0.2) is 0 Å². The molecule has 3 rings (SSSR count). The lowest BCUT2D eigenvalue weighted by atomic mass is 9.85. The van der Waals surface area contributed by atoms with Crippen LogP contribution in [0.3, 0.4) is 0 Å². The van der Waals surface area contributed by atoms with Crippen LogP contribution in [-0.2, 0) is 9.59 Å². The molecule has 1 aliphatic heterocycles. The molecule has 0 radical (unpaired) electrons. The second kappa shape index (κ2) is 10.1. The van der Waals surface area contributed by atoms with E-state index >= 15 is 0 Å². The molecular formula is C19H27Cl2N3O2. The number of nitrogens with one attached hydrogen (secondary N) is 3. The van der Waals surface area contributed by atoms with Crippen LogP contribution in [0.1, 0.15) is 44.9 Å². The molecule has 0 bridgehead atoms. The summed E-state index contributed by atoms with van der Waals surface area (Å²) in [7, 11) is 0. The topological polar surface area (TPSA) is 70.2 Å². The fourth-order valence-corrected chi connectivity index (χ4v) is 3.99. The SMILES string of the molecule is Cl.O=C(CCCNC(=O)C1CC2CCCCC2N1)Nc1ccc(Cl)cc1. The summed E-state index contributed by atoms with van der Waals surface area (Å²) >= 11 is 5.82. The Morgan fingerprint density at radius 2 is 1.88 bits per heavy atom. The third-order valence-electron chi connectivity index (χ3n) is 5.19. The largest absolute Gasteiger partial charge is 0.355 e. The molecule has 26 heavy (non-hydrogen) atoms. The fourth-order valence-electron chi connectivity index (χ4n) is 3.86. The van der Waals surface area contributed by atoms with Crippen molar-refractivity contribution < 1.29 is 9.59 Å². The van der Waals surface area contributed by atoms with Crippen LogP contribution < -0.4 is 16.0 Å². The van der Waals surface area contributed by atoms with Crippen molar-refractivity contribution in [2.24, 2.45) is 5.92 Å². The number of halogens is 2. The Kier molecular flexibility index (Phi) is 8.19. The lowest BCUT2D eigenvalue weighted by Gasteiger charge is -2.24. The summed E-state index contributed by atoms with van der Waals surface area (Å²) in [6, 6.07) is 7.49. The van der Waals surface area contributed by atoms with Crippen LogP contribution in [0.15, 0.2) is 24.3 Å². The highest BCUT2D eigenvalue weighted by Gasteiger charge is 2.37. The summed E-state index contributed by atoms with van der Waals surface area (Å²) in [4.78, 5) is 24.2. The first kappa shape index (κ1) is 21.0. The van der Waals surface area contributed by atoms with Crippen molar-refractivity contribution in [2.45, 2.75) is 57.0 Å². The van der Waals surface area contributed by atoms with Crippen molar-refractivity contribution in [1.29, 1.82) is 0 Å². The first-order chi connectivity index (χ1) is 12.1. The molecule has 5 nitrogen and oxygen atoms in total. The maximum absolute atomic E-state index is 12.3. The summed E-state index contributed by atoms with van der Waals surface area (Å²) in [5.41, 5.74) is 0.733. The molecular weight excluding hydrogens is 373 g/mol. The Morgan fingerprint density at radius 3 is 2.62 bits per heavy atom. The van der Waals surface area contributed by atoms with Gasteiger partial charge in [-0.3, -0.25) is 9.59 Å². The zero-order valence-corrected chi connectivity index (χ0v) is 16.4. The van der Waals surface area contributed by atoms with Gasteiger partial charge in [0.25, 0.3) is 0 Å². The predicted molar refractivity (Wildman–Crippen MR) is 107 cm³/mol. The molecule has 7 heteroatoms. The van der Waals surface area contributed by atoms with E-state index < -0.39 is 0 Å². The van der Waals surface area contributed by atoms with Gasteiger partial charge in [-0.1, -0.05) is 24.4 Å². The van der Waals surface area contributed by atoms with E-state index in [0.29, 0.717) is 36.4 Å². The van der Waals surface area contributed by atoms with Gasteiger partial charge in [0.05, 0.1) is 6.04 Å². The Bertz CT molecular complexity index is 595. The number of rotatable bonds is 6. The minimum atomic E-state index is -0.0593. The number of carbonyl (C=O) groups excluding carboxylic acids is 2. The first-order valence-corrected chi connectivity index (χ1v) is 9.59. The van der Waals surface area contributed by atoms with Crippen molar-refractivity contribution in [1.82, 2.24) is 10.6 Å². The zero-order valence-electron chi connectivity index (χ0n) is 14.8. The molecule has 2 amide bonds. The second-order valence-electron chi connectivity index (χ2n) is 7.06. The molecule has 1 saturated carbocycles. The zero-order chi connectivity index (χ0) is 17.6. The molecule has 0 aromatic heterocycles. The Hall–Kier alpha value is -1.30. The molecule has 2 fully saturated rings. The maximum atomic E-state index is 12.3. The van der Waals surface area contributed by atoms with Crippen LogP contribution in [0.2, 0.25) is 5.02 Å². The molecule has 2 aliphatic rings. The Morgan fingerprint density at radius 1 is 1.15 bits per heavy atom. The minimum absolute atomic E-state index is 0. The highest BCUT2D eigenvalue weighted by Crippen LogP contribution is 2.33. The molecule has 1 aromatic carbocycles. The van der Waals surface area contributed by atoms with E-state index in [4.69, 9.17) is 11.6 Å². The first-order valence-electron chi connectivity index (χ1n) is 9.21. The van der Waals surface area contributed by atoms with Crippen molar-refractivity contribution >= 4 is 41.5 Å². The number of amides is 2. The summed E-state index contributed by atoms with van der Waals surface area (Å²) in [6.07, 6.45) is 6.96. The molecule has 3 N–H and O–H groups in total. The Balaban J connectivity index is 0.00000243. The minimum Gasteiger partial charge on any atom is -0.355 e. The molecule has 144 valence electrons. The van der Waals surface area contributed by atoms with Crippen molar-refractivity contribution in [3.8, 4) is 0 Å². The quantitative estimate of drug-likeness (QED) is 0.640. The fraction of sp³-hybridized carbons (Fsp3) is 0.579. The lowest BCUT2D eigenvalue weighted by molar-refractivity contribution is -0.123. The van der Waals surface area contributed by atoms with E-state index in [1.165, 1.54) is 25.7 Å². The van der Waals surface area contributed by atoms with Gasteiger partial charge < -0.3 is 16.0 Å². The van der Waals surface area contributed by atoms with Crippen molar-refractivity contribution in [2.75, 3.05) is 11.9 Å². The number of hydrogen-bond donors (Lipinski definition) is 3. The molecule has 1 saturated heterocycles. The van der Waals surface area contributed by atoms with Crippen LogP contribution in [0.25, 0.3) is 0 Å².